The maximum Gasteiger partial charge on any atom is 0.415 e. The average molecular weight is 313 g/mol. The first-order valence-electron chi connectivity index (χ1n) is 6.88. The maximum absolute atomic E-state index is 12.0. The van der Waals surface area contributed by atoms with E-state index in [2.05, 4.69) is 0 Å². The molecule has 1 unspecified atom stereocenters. The van der Waals surface area contributed by atoms with Crippen molar-refractivity contribution in [2.45, 2.75) is 46.1 Å². The fraction of sp³-hybridized carbons (Fsp3) is 0.600. The second-order valence-corrected chi connectivity index (χ2v) is 6.78. The number of thiophene rings is 1. The Balaban J connectivity index is 2.78. The Morgan fingerprint density at radius 2 is 1.95 bits per heavy atom. The summed E-state index contributed by atoms with van der Waals surface area (Å²) in [4.78, 5) is 26.0. The summed E-state index contributed by atoms with van der Waals surface area (Å²) >= 11 is 1.38. The van der Waals surface area contributed by atoms with E-state index in [1.165, 1.54) is 16.2 Å². The van der Waals surface area contributed by atoms with Crippen LogP contribution >= 0.6 is 11.3 Å². The summed E-state index contributed by atoms with van der Waals surface area (Å²) in [6.07, 6.45) is -0.417. The molecule has 1 aromatic rings. The van der Waals surface area contributed by atoms with Gasteiger partial charge in [-0.05, 0) is 46.8 Å². The lowest BCUT2D eigenvalue weighted by atomic mass is 10.1. The molecule has 0 aromatic carbocycles. The normalized spacial score (nSPS) is 12.7. The molecule has 118 valence electrons. The van der Waals surface area contributed by atoms with E-state index < -0.39 is 11.7 Å². The van der Waals surface area contributed by atoms with Crippen LogP contribution in [0, 0.1) is 0 Å². The van der Waals surface area contributed by atoms with E-state index in [-0.39, 0.29) is 11.9 Å². The molecule has 21 heavy (non-hydrogen) atoms. The van der Waals surface area contributed by atoms with Gasteiger partial charge in [0.1, 0.15) is 10.6 Å². The molecule has 1 amide bonds. The van der Waals surface area contributed by atoms with Crippen molar-refractivity contribution in [1.82, 2.24) is 0 Å². The Labute approximate surface area is 129 Å². The highest BCUT2D eigenvalue weighted by Gasteiger charge is 2.23. The van der Waals surface area contributed by atoms with E-state index in [0.29, 0.717) is 6.61 Å². The van der Waals surface area contributed by atoms with E-state index in [9.17, 15) is 9.59 Å². The van der Waals surface area contributed by atoms with Crippen LogP contribution < -0.4 is 4.90 Å². The van der Waals surface area contributed by atoms with Gasteiger partial charge in [0.25, 0.3) is 0 Å². The van der Waals surface area contributed by atoms with Gasteiger partial charge in [0.2, 0.25) is 0 Å². The number of carbonyl (C=O) groups is 2. The Morgan fingerprint density at radius 1 is 1.33 bits per heavy atom. The summed E-state index contributed by atoms with van der Waals surface area (Å²) in [6.45, 7) is 9.39. The molecule has 5 nitrogen and oxygen atoms in total. The summed E-state index contributed by atoms with van der Waals surface area (Å²) < 4.78 is 10.3. The number of hydrogen-bond donors (Lipinski definition) is 0. The van der Waals surface area contributed by atoms with Crippen molar-refractivity contribution in [3.63, 3.8) is 0 Å². The lowest BCUT2D eigenvalue weighted by Gasteiger charge is -2.23. The van der Waals surface area contributed by atoms with Crippen molar-refractivity contribution < 1.29 is 19.1 Å². The molecule has 0 saturated heterocycles. The van der Waals surface area contributed by atoms with Crippen LogP contribution in [0.3, 0.4) is 0 Å². The molecule has 0 radical (unpaired) electrons. The maximum atomic E-state index is 12.0. The number of hydrogen-bond acceptors (Lipinski definition) is 5. The summed E-state index contributed by atoms with van der Waals surface area (Å²) in [5, 5.41) is 0.732. The smallest absolute Gasteiger partial charge is 0.415 e. The van der Waals surface area contributed by atoms with Crippen LogP contribution in [0.4, 0.5) is 9.80 Å². The van der Waals surface area contributed by atoms with Gasteiger partial charge in [-0.3, -0.25) is 9.69 Å². The van der Waals surface area contributed by atoms with Crippen molar-refractivity contribution in [1.29, 1.82) is 0 Å². The molecule has 0 N–H and O–H groups in total. The van der Waals surface area contributed by atoms with Gasteiger partial charge in [-0.15, -0.1) is 11.3 Å². The minimum Gasteiger partial charge on any atom is -0.466 e. The number of rotatable bonds is 4. The summed E-state index contributed by atoms with van der Waals surface area (Å²) in [7, 11) is 1.65. The average Bonchev–Trinajstić information content (AvgIpc) is 2.84. The minimum absolute atomic E-state index is 0.258. The fourth-order valence-electron chi connectivity index (χ4n) is 1.56. The molecule has 1 heterocycles. The minimum atomic E-state index is -0.538. The van der Waals surface area contributed by atoms with Gasteiger partial charge in [0.15, 0.2) is 0 Å². The summed E-state index contributed by atoms with van der Waals surface area (Å²) in [6, 6.07) is 3.64. The number of ether oxygens (including phenoxy) is 2. The number of nitrogens with zero attached hydrogens (tertiary/aromatic N) is 1. The number of esters is 1. The predicted octanol–water partition coefficient (Wildman–Crippen LogP) is 3.79. The molecule has 0 aliphatic heterocycles. The van der Waals surface area contributed by atoms with Crippen LogP contribution in [0.5, 0.6) is 0 Å². The van der Waals surface area contributed by atoms with Crippen LogP contribution in [-0.4, -0.2) is 31.3 Å². The van der Waals surface area contributed by atoms with Crippen molar-refractivity contribution >= 4 is 28.4 Å². The first-order valence-corrected chi connectivity index (χ1v) is 7.70. The molecular weight excluding hydrogens is 290 g/mol. The third-order valence-electron chi connectivity index (χ3n) is 2.68. The second kappa shape index (κ2) is 6.93. The van der Waals surface area contributed by atoms with Crippen LogP contribution in [-0.2, 0) is 14.3 Å². The van der Waals surface area contributed by atoms with Gasteiger partial charge in [-0.1, -0.05) is 0 Å². The molecule has 0 saturated carbocycles. The zero-order chi connectivity index (χ0) is 16.2. The number of anilines is 1. The SMILES string of the molecule is CCOC(=O)C(C)c1ccc(N(C)C(=O)OC(C)(C)C)s1. The zero-order valence-electron chi connectivity index (χ0n) is 13.4. The largest absolute Gasteiger partial charge is 0.466 e. The number of carbonyl (C=O) groups excluding carboxylic acids is 2. The third kappa shape index (κ3) is 5.04. The van der Waals surface area contributed by atoms with Gasteiger partial charge in [-0.2, -0.15) is 0 Å². The van der Waals surface area contributed by atoms with Crippen molar-refractivity contribution in [2.75, 3.05) is 18.6 Å². The highest BCUT2D eigenvalue weighted by molar-refractivity contribution is 7.16. The zero-order valence-corrected chi connectivity index (χ0v) is 14.2. The second-order valence-electron chi connectivity index (χ2n) is 5.69. The Morgan fingerprint density at radius 3 is 2.48 bits per heavy atom. The van der Waals surface area contributed by atoms with Crippen LogP contribution in [0.1, 0.15) is 45.4 Å². The van der Waals surface area contributed by atoms with E-state index in [0.717, 1.165) is 9.88 Å². The molecule has 1 aromatic heterocycles. The molecule has 0 bridgehead atoms. The van der Waals surface area contributed by atoms with Crippen molar-refractivity contribution in [3.8, 4) is 0 Å². The monoisotopic (exact) mass is 313 g/mol. The van der Waals surface area contributed by atoms with Gasteiger partial charge in [0.05, 0.1) is 12.5 Å². The molecular formula is C15H23NO4S. The van der Waals surface area contributed by atoms with E-state index in [1.54, 1.807) is 27.0 Å². The van der Waals surface area contributed by atoms with Gasteiger partial charge in [0, 0.05) is 11.9 Å². The fourth-order valence-corrected chi connectivity index (χ4v) is 2.56. The lowest BCUT2D eigenvalue weighted by Crippen LogP contribution is -2.33. The predicted molar refractivity (Wildman–Crippen MR) is 84.0 cm³/mol. The molecule has 6 heteroatoms. The molecule has 0 fully saturated rings. The van der Waals surface area contributed by atoms with Gasteiger partial charge < -0.3 is 9.47 Å². The van der Waals surface area contributed by atoms with Crippen molar-refractivity contribution in [2.24, 2.45) is 0 Å². The van der Waals surface area contributed by atoms with E-state index in [1.807, 2.05) is 26.8 Å². The van der Waals surface area contributed by atoms with Gasteiger partial charge in [-0.25, -0.2) is 4.79 Å². The Bertz CT molecular complexity index is 504. The quantitative estimate of drug-likeness (QED) is 0.794. The highest BCUT2D eigenvalue weighted by Crippen LogP contribution is 2.31. The molecule has 0 aliphatic carbocycles. The lowest BCUT2D eigenvalue weighted by molar-refractivity contribution is -0.144. The summed E-state index contributed by atoms with van der Waals surface area (Å²) in [5.74, 6) is -0.596. The first-order chi connectivity index (χ1) is 9.65. The topological polar surface area (TPSA) is 55.8 Å². The van der Waals surface area contributed by atoms with Crippen molar-refractivity contribution in [3.05, 3.63) is 17.0 Å². The Kier molecular flexibility index (Phi) is 5.78. The standard InChI is InChI=1S/C15H23NO4S/c1-7-19-13(17)10(2)11-8-9-12(21-11)16(6)14(18)20-15(3,4)5/h8-10H,7H2,1-6H3. The summed E-state index contributed by atoms with van der Waals surface area (Å²) in [5.41, 5.74) is -0.538. The molecule has 1 rings (SSSR count). The van der Waals surface area contributed by atoms with Crippen LogP contribution in [0.25, 0.3) is 0 Å². The van der Waals surface area contributed by atoms with Crippen LogP contribution in [0.2, 0.25) is 0 Å². The van der Waals surface area contributed by atoms with Crippen LogP contribution in [0.15, 0.2) is 12.1 Å². The highest BCUT2D eigenvalue weighted by atomic mass is 32.1. The van der Waals surface area contributed by atoms with E-state index >= 15 is 0 Å². The third-order valence-corrected chi connectivity index (χ3v) is 4.02. The molecule has 0 aliphatic rings. The molecule has 0 spiro atoms. The Hall–Kier alpha value is -1.56. The van der Waals surface area contributed by atoms with Gasteiger partial charge >= 0.3 is 12.1 Å². The number of amides is 1. The van der Waals surface area contributed by atoms with E-state index in [4.69, 9.17) is 9.47 Å². The molecule has 1 atom stereocenters. The first kappa shape index (κ1) is 17.5.